The minimum atomic E-state index is 0.710. The maximum absolute atomic E-state index is 5.86. The molecule has 0 spiro atoms. The van der Waals surface area contributed by atoms with Gasteiger partial charge in [0.1, 0.15) is 0 Å². The van der Waals surface area contributed by atoms with Crippen LogP contribution in [0.5, 0.6) is 0 Å². The highest BCUT2D eigenvalue weighted by atomic mass is 14.5. The molecule has 2 rings (SSSR count). The molecule has 0 amide bonds. The Balaban J connectivity index is 2.27. The highest BCUT2D eigenvalue weighted by Gasteiger charge is 2.28. The van der Waals surface area contributed by atoms with Crippen molar-refractivity contribution in [1.29, 1.82) is 0 Å². The van der Waals surface area contributed by atoms with Crippen molar-refractivity contribution >= 4 is 5.69 Å². The molecule has 1 aromatic carbocycles. The Morgan fingerprint density at radius 2 is 1.80 bits per heavy atom. The van der Waals surface area contributed by atoms with E-state index >= 15 is 0 Å². The fourth-order valence-corrected chi connectivity index (χ4v) is 3.11. The maximum atomic E-state index is 5.86. The third-order valence-electron chi connectivity index (χ3n) is 3.84. The second kappa shape index (κ2) is 4.26. The summed E-state index contributed by atoms with van der Waals surface area (Å²) in [5, 5.41) is 0. The van der Waals surface area contributed by atoms with Gasteiger partial charge in [0.15, 0.2) is 0 Å². The topological polar surface area (TPSA) is 26.0 Å². The lowest BCUT2D eigenvalue weighted by Gasteiger charge is -2.35. The van der Waals surface area contributed by atoms with E-state index in [0.717, 1.165) is 17.5 Å². The first-order chi connectivity index (χ1) is 7.18. The summed E-state index contributed by atoms with van der Waals surface area (Å²) in [6, 6.07) is 8.45. The second-order valence-electron chi connectivity index (χ2n) is 5.08. The van der Waals surface area contributed by atoms with Crippen molar-refractivity contribution in [2.24, 2.45) is 11.8 Å². The van der Waals surface area contributed by atoms with Crippen LogP contribution in [-0.4, -0.2) is 0 Å². The molecule has 0 heterocycles. The molecule has 1 fully saturated rings. The molecule has 1 saturated carbocycles. The summed E-state index contributed by atoms with van der Waals surface area (Å²) in [6.07, 6.45) is 4.12. The van der Waals surface area contributed by atoms with Crippen LogP contribution in [0.4, 0.5) is 5.69 Å². The van der Waals surface area contributed by atoms with E-state index < -0.39 is 0 Å². The number of nitrogens with two attached hydrogens (primary N) is 1. The van der Waals surface area contributed by atoms with E-state index in [4.69, 9.17) is 5.73 Å². The van der Waals surface area contributed by atoms with Crippen molar-refractivity contribution in [2.75, 3.05) is 5.73 Å². The first-order valence-corrected chi connectivity index (χ1v) is 6.04. The molecule has 1 aliphatic carbocycles. The zero-order valence-electron chi connectivity index (χ0n) is 9.74. The number of rotatable bonds is 1. The molecule has 1 aliphatic rings. The Kier molecular flexibility index (Phi) is 2.99. The van der Waals surface area contributed by atoms with Crippen molar-refractivity contribution in [3.8, 4) is 0 Å². The van der Waals surface area contributed by atoms with Crippen molar-refractivity contribution < 1.29 is 0 Å². The number of hydrogen-bond donors (Lipinski definition) is 1. The van der Waals surface area contributed by atoms with Gasteiger partial charge in [0, 0.05) is 5.69 Å². The summed E-state index contributed by atoms with van der Waals surface area (Å²) in [6.45, 7) is 4.76. The van der Waals surface area contributed by atoms with Crippen LogP contribution >= 0.6 is 0 Å². The van der Waals surface area contributed by atoms with Gasteiger partial charge in [-0.3, -0.25) is 0 Å². The zero-order valence-corrected chi connectivity index (χ0v) is 9.74. The minimum Gasteiger partial charge on any atom is -0.399 e. The van der Waals surface area contributed by atoms with E-state index in [-0.39, 0.29) is 0 Å². The Bertz CT molecular complexity index is 322. The molecule has 0 bridgehead atoms. The van der Waals surface area contributed by atoms with Gasteiger partial charge in [0.25, 0.3) is 0 Å². The van der Waals surface area contributed by atoms with Crippen molar-refractivity contribution in [1.82, 2.24) is 0 Å². The lowest BCUT2D eigenvalue weighted by molar-refractivity contribution is 0.249. The molecule has 2 unspecified atom stereocenters. The van der Waals surface area contributed by atoms with Gasteiger partial charge in [-0.15, -0.1) is 0 Å². The molecule has 2 N–H and O–H groups in total. The normalized spacial score (nSPS) is 31.5. The Morgan fingerprint density at radius 1 is 1.13 bits per heavy atom. The fourth-order valence-electron chi connectivity index (χ4n) is 3.11. The van der Waals surface area contributed by atoms with Gasteiger partial charge in [0.05, 0.1) is 0 Å². The third-order valence-corrected chi connectivity index (χ3v) is 3.84. The highest BCUT2D eigenvalue weighted by molar-refractivity contribution is 5.42. The van der Waals surface area contributed by atoms with Gasteiger partial charge in [-0.05, 0) is 35.4 Å². The van der Waals surface area contributed by atoms with Gasteiger partial charge >= 0.3 is 0 Å². The molecule has 1 nitrogen and oxygen atoms in total. The van der Waals surface area contributed by atoms with Gasteiger partial charge in [-0.25, -0.2) is 0 Å². The summed E-state index contributed by atoms with van der Waals surface area (Å²) >= 11 is 0. The van der Waals surface area contributed by atoms with Crippen molar-refractivity contribution in [2.45, 2.75) is 39.0 Å². The summed E-state index contributed by atoms with van der Waals surface area (Å²) in [7, 11) is 0. The number of hydrogen-bond acceptors (Lipinski definition) is 1. The largest absolute Gasteiger partial charge is 0.399 e. The number of nitrogen functional groups attached to an aromatic ring is 1. The van der Waals surface area contributed by atoms with Crippen LogP contribution < -0.4 is 5.73 Å². The lowest BCUT2D eigenvalue weighted by atomic mass is 9.70. The van der Waals surface area contributed by atoms with Gasteiger partial charge in [0.2, 0.25) is 0 Å². The monoisotopic (exact) mass is 203 g/mol. The molecule has 15 heavy (non-hydrogen) atoms. The summed E-state index contributed by atoms with van der Waals surface area (Å²) in [4.78, 5) is 0. The van der Waals surface area contributed by atoms with Crippen LogP contribution in [0.3, 0.4) is 0 Å². The van der Waals surface area contributed by atoms with E-state index in [1.165, 1.54) is 24.8 Å². The van der Waals surface area contributed by atoms with Crippen LogP contribution in [-0.2, 0) is 0 Å². The molecular formula is C14H21N. The predicted molar refractivity (Wildman–Crippen MR) is 65.8 cm³/mol. The molecule has 82 valence electrons. The average Bonchev–Trinajstić information content (AvgIpc) is 2.17. The Hall–Kier alpha value is -0.980. The van der Waals surface area contributed by atoms with Crippen LogP contribution in [0.2, 0.25) is 0 Å². The van der Waals surface area contributed by atoms with Crippen LogP contribution in [0.15, 0.2) is 24.3 Å². The number of anilines is 1. The van der Waals surface area contributed by atoms with Gasteiger partial charge < -0.3 is 5.73 Å². The quantitative estimate of drug-likeness (QED) is 0.690. The predicted octanol–water partition coefficient (Wildman–Crippen LogP) is 3.81. The molecule has 2 atom stereocenters. The zero-order chi connectivity index (χ0) is 10.8. The summed E-state index contributed by atoms with van der Waals surface area (Å²) in [5.41, 5.74) is 8.20. The van der Waals surface area contributed by atoms with E-state index in [2.05, 4.69) is 32.0 Å². The van der Waals surface area contributed by atoms with E-state index in [9.17, 15) is 0 Å². The van der Waals surface area contributed by atoms with E-state index in [1.54, 1.807) is 0 Å². The molecule has 1 heteroatoms. The molecule has 0 aliphatic heterocycles. The van der Waals surface area contributed by atoms with Crippen LogP contribution in [0.1, 0.15) is 44.6 Å². The summed E-state index contributed by atoms with van der Waals surface area (Å²) < 4.78 is 0. The molecule has 1 aromatic rings. The smallest absolute Gasteiger partial charge is 0.0316 e. The first-order valence-electron chi connectivity index (χ1n) is 6.04. The Labute approximate surface area is 92.7 Å². The first kappa shape index (κ1) is 10.5. The highest BCUT2D eigenvalue weighted by Crippen LogP contribution is 2.41. The fraction of sp³-hybridized carbons (Fsp3) is 0.571. The second-order valence-corrected chi connectivity index (χ2v) is 5.08. The third kappa shape index (κ3) is 2.17. The van der Waals surface area contributed by atoms with Gasteiger partial charge in [-0.2, -0.15) is 0 Å². The van der Waals surface area contributed by atoms with Crippen LogP contribution in [0, 0.1) is 11.8 Å². The molecular weight excluding hydrogens is 182 g/mol. The van der Waals surface area contributed by atoms with E-state index in [1.807, 2.05) is 6.07 Å². The molecule has 0 saturated heterocycles. The minimum absolute atomic E-state index is 0.710. The van der Waals surface area contributed by atoms with E-state index in [0.29, 0.717) is 5.92 Å². The molecule has 0 aromatic heterocycles. The maximum Gasteiger partial charge on any atom is 0.0316 e. The van der Waals surface area contributed by atoms with Crippen molar-refractivity contribution in [3.05, 3.63) is 29.8 Å². The molecule has 0 radical (unpaired) electrons. The lowest BCUT2D eigenvalue weighted by Crippen LogP contribution is -2.22. The van der Waals surface area contributed by atoms with Crippen LogP contribution in [0.25, 0.3) is 0 Å². The Morgan fingerprint density at radius 3 is 2.40 bits per heavy atom. The number of benzene rings is 1. The standard InChI is InChI=1S/C14H21N/c1-10-5-3-6-11(2)14(10)12-7-4-8-13(15)9-12/h4,7-11,14H,3,5-6,15H2,1-2H3. The van der Waals surface area contributed by atoms with Crippen molar-refractivity contribution in [3.63, 3.8) is 0 Å². The average molecular weight is 203 g/mol. The van der Waals surface area contributed by atoms with Gasteiger partial charge in [-0.1, -0.05) is 45.2 Å². The SMILES string of the molecule is CC1CCCC(C)C1c1cccc(N)c1. The summed E-state index contributed by atoms with van der Waals surface area (Å²) in [5.74, 6) is 2.31.